The van der Waals surface area contributed by atoms with Gasteiger partial charge >= 0.3 is 0 Å². The van der Waals surface area contributed by atoms with E-state index in [1.807, 2.05) is 41.4 Å². The average molecular weight is 471 g/mol. The van der Waals surface area contributed by atoms with E-state index in [-0.39, 0.29) is 11.9 Å². The molecule has 0 bridgehead atoms. The lowest BCUT2D eigenvalue weighted by Crippen LogP contribution is -2.47. The molecule has 3 aromatic rings. The standard InChI is InChI=1S/C28H30N4O3/c1-34-26-16-21-15-25-24(28(33)32-9-5-8-23(32)18-29-25)14-20(21)17-27(26)35-19-30-10-12-31(13-11-30)22-6-3-2-4-7-22/h2-4,6-7,14-18,23H,5,8-13,19H2,1H3. The van der Waals surface area contributed by atoms with Crippen molar-refractivity contribution < 1.29 is 14.3 Å². The number of nitrogens with zero attached hydrogens (tertiary/aromatic N) is 4. The third-order valence-corrected chi connectivity index (χ3v) is 7.31. The molecule has 0 saturated carbocycles. The molecule has 3 aliphatic heterocycles. The van der Waals surface area contributed by atoms with Crippen LogP contribution in [0.2, 0.25) is 0 Å². The van der Waals surface area contributed by atoms with Crippen molar-refractivity contribution in [2.45, 2.75) is 18.9 Å². The normalized spacial score (nSPS) is 20.0. The molecule has 7 nitrogen and oxygen atoms in total. The van der Waals surface area contributed by atoms with Gasteiger partial charge in [0.15, 0.2) is 11.5 Å². The number of fused-ring (bicyclic) bond motifs is 3. The molecule has 1 unspecified atom stereocenters. The summed E-state index contributed by atoms with van der Waals surface area (Å²) in [5.74, 6) is 1.44. The van der Waals surface area contributed by atoms with Gasteiger partial charge in [0.25, 0.3) is 5.91 Å². The van der Waals surface area contributed by atoms with Crippen LogP contribution >= 0.6 is 0 Å². The second kappa shape index (κ2) is 9.23. The second-order valence-electron chi connectivity index (χ2n) is 9.42. The molecule has 3 aromatic carbocycles. The van der Waals surface area contributed by atoms with Gasteiger partial charge in [-0.2, -0.15) is 0 Å². The number of benzene rings is 3. The van der Waals surface area contributed by atoms with Crippen LogP contribution in [0.4, 0.5) is 11.4 Å². The molecule has 1 amide bonds. The van der Waals surface area contributed by atoms with E-state index in [0.29, 0.717) is 23.8 Å². The first-order valence-corrected chi connectivity index (χ1v) is 12.4. The molecule has 0 radical (unpaired) electrons. The zero-order valence-corrected chi connectivity index (χ0v) is 20.0. The van der Waals surface area contributed by atoms with E-state index < -0.39 is 0 Å². The predicted molar refractivity (Wildman–Crippen MR) is 138 cm³/mol. The Balaban J connectivity index is 1.20. The highest BCUT2D eigenvalue weighted by atomic mass is 16.5. The minimum atomic E-state index is 0.0662. The Bertz CT molecular complexity index is 1270. The number of para-hydroxylation sites is 1. The molecule has 1 atom stereocenters. The number of methoxy groups -OCH3 is 1. The highest BCUT2D eigenvalue weighted by Crippen LogP contribution is 2.37. The van der Waals surface area contributed by atoms with E-state index in [1.165, 1.54) is 5.69 Å². The maximum Gasteiger partial charge on any atom is 0.256 e. The van der Waals surface area contributed by atoms with Crippen molar-refractivity contribution in [3.05, 3.63) is 60.2 Å². The number of carbonyl (C=O) groups excluding carboxylic acids is 1. The number of amides is 1. The molecule has 6 rings (SSSR count). The fraction of sp³-hybridized carbons (Fsp3) is 0.357. The summed E-state index contributed by atoms with van der Waals surface area (Å²) >= 11 is 0. The first kappa shape index (κ1) is 21.9. The number of ether oxygens (including phenoxy) is 2. The van der Waals surface area contributed by atoms with Crippen molar-refractivity contribution in [3.63, 3.8) is 0 Å². The van der Waals surface area contributed by atoms with Gasteiger partial charge < -0.3 is 19.3 Å². The Morgan fingerprint density at radius 3 is 2.51 bits per heavy atom. The zero-order chi connectivity index (χ0) is 23.8. The van der Waals surface area contributed by atoms with E-state index in [1.54, 1.807) is 7.11 Å². The summed E-state index contributed by atoms with van der Waals surface area (Å²) in [6.07, 6.45) is 3.93. The monoisotopic (exact) mass is 470 g/mol. The molecular formula is C28H30N4O3. The molecule has 3 aliphatic rings. The summed E-state index contributed by atoms with van der Waals surface area (Å²) in [6, 6.07) is 18.5. The van der Waals surface area contributed by atoms with Crippen molar-refractivity contribution in [3.8, 4) is 11.5 Å². The lowest BCUT2D eigenvalue weighted by atomic mass is 10.0. The zero-order valence-electron chi connectivity index (χ0n) is 20.0. The maximum atomic E-state index is 13.2. The molecular weight excluding hydrogens is 440 g/mol. The van der Waals surface area contributed by atoms with E-state index in [2.05, 4.69) is 39.1 Å². The molecule has 180 valence electrons. The lowest BCUT2D eigenvalue weighted by molar-refractivity contribution is 0.0775. The molecule has 35 heavy (non-hydrogen) atoms. The summed E-state index contributed by atoms with van der Waals surface area (Å²) in [6.45, 7) is 5.09. The van der Waals surface area contributed by atoms with Gasteiger partial charge in [0, 0.05) is 44.6 Å². The van der Waals surface area contributed by atoms with E-state index in [9.17, 15) is 4.79 Å². The quantitative estimate of drug-likeness (QED) is 0.556. The Morgan fingerprint density at radius 1 is 0.943 bits per heavy atom. The molecule has 0 N–H and O–H groups in total. The van der Waals surface area contributed by atoms with Crippen molar-refractivity contribution in [1.82, 2.24) is 9.80 Å². The van der Waals surface area contributed by atoms with Crippen LogP contribution in [0, 0.1) is 0 Å². The van der Waals surface area contributed by atoms with Crippen LogP contribution in [0.25, 0.3) is 10.8 Å². The molecule has 2 saturated heterocycles. The molecule has 2 fully saturated rings. The number of hydrogen-bond acceptors (Lipinski definition) is 6. The van der Waals surface area contributed by atoms with Gasteiger partial charge in [0.05, 0.1) is 24.4 Å². The van der Waals surface area contributed by atoms with Crippen LogP contribution in [0.3, 0.4) is 0 Å². The summed E-state index contributed by atoms with van der Waals surface area (Å²) in [4.78, 5) is 24.5. The first-order chi connectivity index (χ1) is 17.2. The van der Waals surface area contributed by atoms with Crippen LogP contribution in [-0.4, -0.2) is 74.5 Å². The van der Waals surface area contributed by atoms with Crippen molar-refractivity contribution in [2.24, 2.45) is 4.99 Å². The van der Waals surface area contributed by atoms with Crippen LogP contribution in [-0.2, 0) is 0 Å². The average Bonchev–Trinajstić information content (AvgIpc) is 3.34. The molecule has 0 spiro atoms. The number of anilines is 1. The topological polar surface area (TPSA) is 57.6 Å². The Kier molecular flexibility index (Phi) is 5.78. The smallest absolute Gasteiger partial charge is 0.256 e. The van der Waals surface area contributed by atoms with E-state index >= 15 is 0 Å². The van der Waals surface area contributed by atoms with Gasteiger partial charge in [-0.1, -0.05) is 18.2 Å². The van der Waals surface area contributed by atoms with Gasteiger partial charge in [0.1, 0.15) is 6.73 Å². The summed E-state index contributed by atoms with van der Waals surface area (Å²) < 4.78 is 11.9. The molecule has 0 aromatic heterocycles. The van der Waals surface area contributed by atoms with Crippen LogP contribution in [0.15, 0.2) is 59.6 Å². The Labute approximate surface area is 205 Å². The van der Waals surface area contributed by atoms with Gasteiger partial charge in [-0.25, -0.2) is 0 Å². The number of aliphatic imine (C=N–C) groups is 1. The van der Waals surface area contributed by atoms with Crippen LogP contribution in [0.5, 0.6) is 11.5 Å². The van der Waals surface area contributed by atoms with Crippen molar-refractivity contribution in [2.75, 3.05) is 51.5 Å². The Morgan fingerprint density at radius 2 is 1.71 bits per heavy atom. The largest absolute Gasteiger partial charge is 0.493 e. The SMILES string of the molecule is COc1cc2cc3c(cc2cc1OCN1CCN(c2ccccc2)CC1)C(=O)N1CCCC1C=N3. The number of rotatable bonds is 5. The highest BCUT2D eigenvalue weighted by molar-refractivity contribution is 6.07. The fourth-order valence-corrected chi connectivity index (χ4v) is 5.30. The number of carbonyl (C=O) groups is 1. The van der Waals surface area contributed by atoms with Gasteiger partial charge in [0.2, 0.25) is 0 Å². The molecule has 0 aliphatic carbocycles. The summed E-state index contributed by atoms with van der Waals surface area (Å²) in [5, 5.41) is 1.94. The number of piperazine rings is 1. The summed E-state index contributed by atoms with van der Waals surface area (Å²) in [5.41, 5.74) is 2.65. The lowest BCUT2D eigenvalue weighted by Gasteiger charge is -2.35. The second-order valence-corrected chi connectivity index (χ2v) is 9.42. The third-order valence-electron chi connectivity index (χ3n) is 7.31. The van der Waals surface area contributed by atoms with Crippen LogP contribution < -0.4 is 14.4 Å². The van der Waals surface area contributed by atoms with Gasteiger partial charge in [-0.3, -0.25) is 14.7 Å². The fourth-order valence-electron chi connectivity index (χ4n) is 5.30. The van der Waals surface area contributed by atoms with Crippen molar-refractivity contribution in [1.29, 1.82) is 0 Å². The van der Waals surface area contributed by atoms with E-state index in [4.69, 9.17) is 9.47 Å². The van der Waals surface area contributed by atoms with Gasteiger partial charge in [-0.15, -0.1) is 0 Å². The molecule has 7 heteroatoms. The summed E-state index contributed by atoms with van der Waals surface area (Å²) in [7, 11) is 1.66. The third kappa shape index (κ3) is 4.21. The van der Waals surface area contributed by atoms with Crippen molar-refractivity contribution >= 4 is 34.3 Å². The maximum absolute atomic E-state index is 13.2. The van der Waals surface area contributed by atoms with Gasteiger partial charge in [-0.05, 0) is 60.0 Å². The molecule has 3 heterocycles. The Hall–Kier alpha value is -3.58. The van der Waals surface area contributed by atoms with E-state index in [0.717, 1.165) is 62.0 Å². The predicted octanol–water partition coefficient (Wildman–Crippen LogP) is 4.33. The minimum Gasteiger partial charge on any atom is -0.493 e. The first-order valence-electron chi connectivity index (χ1n) is 12.4. The minimum absolute atomic E-state index is 0.0662. The highest BCUT2D eigenvalue weighted by Gasteiger charge is 2.32. The van der Waals surface area contributed by atoms with Crippen LogP contribution in [0.1, 0.15) is 23.2 Å². The number of hydrogen-bond donors (Lipinski definition) is 0.